The van der Waals surface area contributed by atoms with Crippen LogP contribution < -0.4 is 5.32 Å². The highest BCUT2D eigenvalue weighted by molar-refractivity contribution is 8.00. The monoisotopic (exact) mass is 381 g/mol. The molecule has 1 N–H and O–H groups in total. The average molecular weight is 382 g/mol. The maximum Gasteiger partial charge on any atom is 0.230 e. The van der Waals surface area contributed by atoms with E-state index in [1.165, 1.54) is 17.3 Å². The van der Waals surface area contributed by atoms with E-state index in [0.29, 0.717) is 23.1 Å². The SMILES string of the molecule is CC(C)c1ccc2nc(SCC(=O)NCc3cccs3)c(C#N)cc2c1. The molecule has 0 aliphatic rings. The van der Waals surface area contributed by atoms with E-state index in [0.717, 1.165) is 15.8 Å². The maximum absolute atomic E-state index is 12.1. The standard InChI is InChI=1S/C20H19N3OS2/c1-13(2)14-5-6-18-15(8-14)9-16(10-21)20(23-18)26-12-19(24)22-11-17-4-3-7-25-17/h3-9,13H,11-12H2,1-2H3,(H,22,24). The molecule has 0 radical (unpaired) electrons. The zero-order chi connectivity index (χ0) is 18.5. The largest absolute Gasteiger partial charge is 0.350 e. The number of fused-ring (bicyclic) bond motifs is 1. The lowest BCUT2D eigenvalue weighted by Crippen LogP contribution is -2.24. The normalized spacial score (nSPS) is 10.8. The lowest BCUT2D eigenvalue weighted by molar-refractivity contribution is -0.118. The molecule has 0 saturated carbocycles. The molecular formula is C20H19N3OS2. The summed E-state index contributed by atoms with van der Waals surface area (Å²) in [6.07, 6.45) is 0. The summed E-state index contributed by atoms with van der Waals surface area (Å²) in [4.78, 5) is 17.8. The first-order valence-corrected chi connectivity index (χ1v) is 10.2. The number of thiophene rings is 1. The Morgan fingerprint density at radius 2 is 2.19 bits per heavy atom. The summed E-state index contributed by atoms with van der Waals surface area (Å²) >= 11 is 2.91. The molecule has 3 aromatic rings. The van der Waals surface area contributed by atoms with Gasteiger partial charge < -0.3 is 5.32 Å². The smallest absolute Gasteiger partial charge is 0.230 e. The molecule has 3 rings (SSSR count). The van der Waals surface area contributed by atoms with Crippen molar-refractivity contribution < 1.29 is 4.79 Å². The molecule has 1 aromatic carbocycles. The molecule has 0 atom stereocenters. The van der Waals surface area contributed by atoms with Gasteiger partial charge in [0.05, 0.1) is 23.4 Å². The van der Waals surface area contributed by atoms with Crippen LogP contribution in [-0.2, 0) is 11.3 Å². The Hall–Kier alpha value is -2.36. The van der Waals surface area contributed by atoms with Gasteiger partial charge in [0.15, 0.2) is 0 Å². The summed E-state index contributed by atoms with van der Waals surface area (Å²) in [5.74, 6) is 0.596. The third-order valence-corrected chi connectivity index (χ3v) is 5.84. The van der Waals surface area contributed by atoms with Crippen LogP contribution in [0.25, 0.3) is 10.9 Å². The van der Waals surface area contributed by atoms with Crippen LogP contribution in [0.4, 0.5) is 0 Å². The third-order valence-electron chi connectivity index (χ3n) is 3.97. The number of pyridine rings is 1. The predicted molar refractivity (Wildman–Crippen MR) is 107 cm³/mol. The fourth-order valence-electron chi connectivity index (χ4n) is 2.51. The Balaban J connectivity index is 1.71. The van der Waals surface area contributed by atoms with Gasteiger partial charge in [0.2, 0.25) is 5.91 Å². The van der Waals surface area contributed by atoms with E-state index in [1.54, 1.807) is 11.3 Å². The van der Waals surface area contributed by atoms with Crippen LogP contribution >= 0.6 is 23.1 Å². The Morgan fingerprint density at radius 3 is 2.88 bits per heavy atom. The fourth-order valence-corrected chi connectivity index (χ4v) is 3.95. The predicted octanol–water partition coefficient (Wildman–Crippen LogP) is 4.70. The first-order chi connectivity index (χ1) is 12.6. The number of amides is 1. The van der Waals surface area contributed by atoms with E-state index in [9.17, 15) is 10.1 Å². The number of nitriles is 1. The van der Waals surface area contributed by atoms with Crippen molar-refractivity contribution in [3.8, 4) is 6.07 Å². The summed E-state index contributed by atoms with van der Waals surface area (Å²) in [6, 6.07) is 14.1. The minimum absolute atomic E-state index is 0.0654. The van der Waals surface area contributed by atoms with Gasteiger partial charge in [0, 0.05) is 10.3 Å². The molecular weight excluding hydrogens is 362 g/mol. The lowest BCUT2D eigenvalue weighted by atomic mass is 10.0. The van der Waals surface area contributed by atoms with E-state index < -0.39 is 0 Å². The maximum atomic E-state index is 12.1. The molecule has 0 spiro atoms. The molecule has 1 amide bonds. The van der Waals surface area contributed by atoms with Gasteiger partial charge in [-0.05, 0) is 41.1 Å². The highest BCUT2D eigenvalue weighted by Crippen LogP contribution is 2.27. The second-order valence-electron chi connectivity index (χ2n) is 6.20. The molecule has 0 aliphatic heterocycles. The van der Waals surface area contributed by atoms with E-state index in [-0.39, 0.29) is 11.7 Å². The summed E-state index contributed by atoms with van der Waals surface area (Å²) in [5, 5.41) is 15.9. The zero-order valence-corrected chi connectivity index (χ0v) is 16.3. The molecule has 132 valence electrons. The molecule has 0 fully saturated rings. The summed E-state index contributed by atoms with van der Waals surface area (Å²) in [7, 11) is 0. The number of hydrogen-bond donors (Lipinski definition) is 1. The van der Waals surface area contributed by atoms with Crippen LogP contribution in [0.15, 0.2) is 46.8 Å². The Bertz CT molecular complexity index is 959. The van der Waals surface area contributed by atoms with Crippen molar-refractivity contribution in [2.45, 2.75) is 31.3 Å². The average Bonchev–Trinajstić information content (AvgIpc) is 3.16. The molecule has 0 aliphatic carbocycles. The molecule has 2 heterocycles. The van der Waals surface area contributed by atoms with Gasteiger partial charge in [-0.15, -0.1) is 11.3 Å². The van der Waals surface area contributed by atoms with Crippen molar-refractivity contribution in [2.75, 3.05) is 5.75 Å². The second-order valence-corrected chi connectivity index (χ2v) is 8.20. The molecule has 4 nitrogen and oxygen atoms in total. The van der Waals surface area contributed by atoms with Gasteiger partial charge in [-0.25, -0.2) is 4.98 Å². The Kier molecular flexibility index (Phi) is 5.92. The van der Waals surface area contributed by atoms with Crippen LogP contribution in [0.1, 0.15) is 35.8 Å². The van der Waals surface area contributed by atoms with Crippen LogP contribution in [0.3, 0.4) is 0 Å². The first-order valence-electron chi connectivity index (χ1n) is 8.33. The molecule has 0 bridgehead atoms. The summed E-state index contributed by atoms with van der Waals surface area (Å²) in [6.45, 7) is 4.81. The van der Waals surface area contributed by atoms with Crippen LogP contribution in [-0.4, -0.2) is 16.6 Å². The van der Waals surface area contributed by atoms with Crippen molar-refractivity contribution in [3.05, 3.63) is 57.8 Å². The Labute approximate surface area is 161 Å². The first kappa shape index (κ1) is 18.4. The number of aromatic nitrogens is 1. The number of rotatable bonds is 6. The number of nitrogens with one attached hydrogen (secondary N) is 1. The van der Waals surface area contributed by atoms with Crippen molar-refractivity contribution in [1.82, 2.24) is 10.3 Å². The van der Waals surface area contributed by atoms with Crippen molar-refractivity contribution >= 4 is 39.9 Å². The number of benzene rings is 1. The second kappa shape index (κ2) is 8.35. The number of hydrogen-bond acceptors (Lipinski definition) is 5. The number of carbonyl (C=O) groups excluding carboxylic acids is 1. The van der Waals surface area contributed by atoms with Gasteiger partial charge in [0.1, 0.15) is 11.1 Å². The highest BCUT2D eigenvalue weighted by Gasteiger charge is 2.11. The van der Waals surface area contributed by atoms with E-state index in [1.807, 2.05) is 29.6 Å². The van der Waals surface area contributed by atoms with Gasteiger partial charge in [-0.2, -0.15) is 5.26 Å². The van der Waals surface area contributed by atoms with Crippen LogP contribution in [0.5, 0.6) is 0 Å². The van der Waals surface area contributed by atoms with Gasteiger partial charge in [-0.3, -0.25) is 4.79 Å². The minimum Gasteiger partial charge on any atom is -0.350 e. The minimum atomic E-state index is -0.0654. The van der Waals surface area contributed by atoms with Gasteiger partial charge >= 0.3 is 0 Å². The van der Waals surface area contributed by atoms with Crippen LogP contribution in [0.2, 0.25) is 0 Å². The fraction of sp³-hybridized carbons (Fsp3) is 0.250. The molecule has 6 heteroatoms. The van der Waals surface area contributed by atoms with Crippen molar-refractivity contribution in [2.24, 2.45) is 0 Å². The topological polar surface area (TPSA) is 65.8 Å². The molecule has 0 saturated heterocycles. The molecule has 26 heavy (non-hydrogen) atoms. The van der Waals surface area contributed by atoms with Crippen molar-refractivity contribution in [1.29, 1.82) is 5.26 Å². The van der Waals surface area contributed by atoms with E-state index in [4.69, 9.17) is 0 Å². The Morgan fingerprint density at radius 1 is 1.35 bits per heavy atom. The lowest BCUT2D eigenvalue weighted by Gasteiger charge is -2.09. The third kappa shape index (κ3) is 4.43. The molecule has 2 aromatic heterocycles. The van der Waals surface area contributed by atoms with E-state index in [2.05, 4.69) is 42.4 Å². The van der Waals surface area contributed by atoms with Crippen molar-refractivity contribution in [3.63, 3.8) is 0 Å². The van der Waals surface area contributed by atoms with Gasteiger partial charge in [0.25, 0.3) is 0 Å². The number of carbonyl (C=O) groups is 1. The quantitative estimate of drug-likeness (QED) is 0.629. The molecule has 0 unspecified atom stereocenters. The number of thioether (sulfide) groups is 1. The summed E-state index contributed by atoms with van der Waals surface area (Å²) < 4.78 is 0. The highest BCUT2D eigenvalue weighted by atomic mass is 32.2. The summed E-state index contributed by atoms with van der Waals surface area (Å²) in [5.41, 5.74) is 2.57. The number of nitrogens with zero attached hydrogens (tertiary/aromatic N) is 2. The van der Waals surface area contributed by atoms with Gasteiger partial charge in [-0.1, -0.05) is 37.7 Å². The zero-order valence-electron chi connectivity index (χ0n) is 14.7. The van der Waals surface area contributed by atoms with E-state index >= 15 is 0 Å². The van der Waals surface area contributed by atoms with Crippen LogP contribution in [0, 0.1) is 11.3 Å².